The van der Waals surface area contributed by atoms with E-state index in [2.05, 4.69) is 143 Å². The van der Waals surface area contributed by atoms with Crippen molar-refractivity contribution in [2.45, 2.75) is 34.1 Å². The molecule has 0 amide bonds. The molecule has 0 radical (unpaired) electrons. The van der Waals surface area contributed by atoms with Crippen LogP contribution < -0.4 is 0 Å². The summed E-state index contributed by atoms with van der Waals surface area (Å²) in [4.78, 5) is 1.27. The molecule has 1 aromatic heterocycles. The molecule has 3 aromatic carbocycles. The van der Waals surface area contributed by atoms with Crippen LogP contribution in [-0.4, -0.2) is 0 Å². The topological polar surface area (TPSA) is 0 Å². The molecule has 0 nitrogen and oxygen atoms in total. The van der Waals surface area contributed by atoms with Gasteiger partial charge in [-0.1, -0.05) is 137 Å². The van der Waals surface area contributed by atoms with Gasteiger partial charge in [0.25, 0.3) is 0 Å². The van der Waals surface area contributed by atoms with E-state index in [-0.39, 0.29) is 5.92 Å². The van der Waals surface area contributed by atoms with Crippen LogP contribution in [0.15, 0.2) is 141 Å². The minimum absolute atomic E-state index is 0.206. The van der Waals surface area contributed by atoms with Crippen LogP contribution in [0.4, 0.5) is 0 Å². The molecular formula is C42H42S. The van der Waals surface area contributed by atoms with E-state index in [1.54, 1.807) is 0 Å². The van der Waals surface area contributed by atoms with Crippen LogP contribution in [0.5, 0.6) is 0 Å². The summed E-state index contributed by atoms with van der Waals surface area (Å²) in [5.41, 5.74) is 10.5. The minimum Gasteiger partial charge on any atom is -0.135 e. The first-order valence-electron chi connectivity index (χ1n) is 15.0. The molecule has 1 atom stereocenters. The highest BCUT2D eigenvalue weighted by molar-refractivity contribution is 7.20. The number of benzene rings is 3. The molecular weight excluding hydrogens is 537 g/mol. The van der Waals surface area contributed by atoms with E-state index in [1.807, 2.05) is 43.4 Å². The predicted molar refractivity (Wildman–Crippen MR) is 196 cm³/mol. The Kier molecular flexibility index (Phi) is 11.1. The lowest BCUT2D eigenvalue weighted by molar-refractivity contribution is 0.967. The zero-order valence-electron chi connectivity index (χ0n) is 25.9. The van der Waals surface area contributed by atoms with Gasteiger partial charge in [0, 0.05) is 20.5 Å². The van der Waals surface area contributed by atoms with Gasteiger partial charge in [-0.3, -0.25) is 0 Å². The average molecular weight is 579 g/mol. The van der Waals surface area contributed by atoms with Gasteiger partial charge < -0.3 is 0 Å². The van der Waals surface area contributed by atoms with Crippen molar-refractivity contribution in [2.24, 2.45) is 5.92 Å². The van der Waals surface area contributed by atoms with Crippen LogP contribution in [0.3, 0.4) is 0 Å². The molecule has 0 saturated heterocycles. The Balaban J connectivity index is 1.80. The lowest BCUT2D eigenvalue weighted by Crippen LogP contribution is -1.97. The fourth-order valence-electron chi connectivity index (χ4n) is 5.28. The summed E-state index contributed by atoms with van der Waals surface area (Å²) in [6.45, 7) is 21.1. The van der Waals surface area contributed by atoms with Crippen molar-refractivity contribution in [3.8, 4) is 11.1 Å². The Morgan fingerprint density at radius 1 is 0.860 bits per heavy atom. The third-order valence-electron chi connectivity index (χ3n) is 7.55. The monoisotopic (exact) mass is 578 g/mol. The van der Waals surface area contributed by atoms with E-state index < -0.39 is 0 Å². The van der Waals surface area contributed by atoms with Crippen molar-refractivity contribution in [1.29, 1.82) is 0 Å². The van der Waals surface area contributed by atoms with E-state index in [0.717, 1.165) is 28.7 Å². The third-order valence-corrected chi connectivity index (χ3v) is 8.77. The molecule has 0 saturated carbocycles. The molecule has 1 unspecified atom stereocenters. The average Bonchev–Trinajstić information content (AvgIpc) is 3.41. The fourth-order valence-corrected chi connectivity index (χ4v) is 6.55. The Hall–Kier alpha value is -4.46. The number of thiophene rings is 1. The van der Waals surface area contributed by atoms with Crippen molar-refractivity contribution in [3.63, 3.8) is 0 Å². The summed E-state index contributed by atoms with van der Waals surface area (Å²) < 4.78 is 1.29. The summed E-state index contributed by atoms with van der Waals surface area (Å²) in [6, 6.07) is 24.4. The lowest BCUT2D eigenvalue weighted by Gasteiger charge is -2.16. The molecule has 0 aliphatic heterocycles. The lowest BCUT2D eigenvalue weighted by atomic mass is 9.88. The molecule has 0 aliphatic carbocycles. The zero-order valence-corrected chi connectivity index (χ0v) is 26.8. The normalized spacial score (nSPS) is 13.4. The molecule has 1 heterocycles. The van der Waals surface area contributed by atoms with E-state index in [4.69, 9.17) is 0 Å². The fraction of sp³-hybridized carbons (Fsp3) is 0.143. The van der Waals surface area contributed by atoms with Crippen LogP contribution in [0.1, 0.15) is 61.2 Å². The number of rotatable bonds is 12. The Morgan fingerprint density at radius 2 is 1.60 bits per heavy atom. The van der Waals surface area contributed by atoms with Crippen LogP contribution in [0, 0.1) is 5.92 Å². The van der Waals surface area contributed by atoms with E-state index >= 15 is 0 Å². The summed E-state index contributed by atoms with van der Waals surface area (Å²) in [7, 11) is 0. The highest BCUT2D eigenvalue weighted by Gasteiger charge is 2.16. The van der Waals surface area contributed by atoms with E-state index in [0.29, 0.717) is 0 Å². The van der Waals surface area contributed by atoms with Crippen LogP contribution in [-0.2, 0) is 0 Å². The Morgan fingerprint density at radius 3 is 2.28 bits per heavy atom. The Bertz CT molecular complexity index is 1760. The second-order valence-electron chi connectivity index (χ2n) is 10.5. The first-order chi connectivity index (χ1) is 20.9. The van der Waals surface area contributed by atoms with Crippen LogP contribution in [0.25, 0.3) is 44.0 Å². The Labute approximate surface area is 262 Å². The highest BCUT2D eigenvalue weighted by Crippen LogP contribution is 2.40. The van der Waals surface area contributed by atoms with Gasteiger partial charge in [0.15, 0.2) is 0 Å². The van der Waals surface area contributed by atoms with Gasteiger partial charge in [-0.05, 0) is 95.0 Å². The van der Waals surface area contributed by atoms with Crippen molar-refractivity contribution >= 4 is 44.2 Å². The molecule has 0 fully saturated rings. The standard InChI is InChI=1S/C42H42S/c1-8-13-14-20-30(6)31(7)35-27-36(32(17-9-2)18-10-3)29-37(28-35)33-23-25-34(26-24-33)39(19-11-4)42-38(12-5)40-21-15-16-22-41(40)43-42/h8-10,12-30H,2,5,7,11H2,1,3-4,6H3/b13-8-,18-10-,20-14-,32-17+,39-19-. The molecule has 0 aliphatic rings. The summed E-state index contributed by atoms with van der Waals surface area (Å²) in [5.74, 6) is 0.206. The smallest absolute Gasteiger partial charge is 0.0430 e. The van der Waals surface area contributed by atoms with Gasteiger partial charge in [0.1, 0.15) is 0 Å². The molecule has 0 bridgehead atoms. The number of hydrogen-bond donors (Lipinski definition) is 0. The second kappa shape index (κ2) is 15.1. The first-order valence-corrected chi connectivity index (χ1v) is 15.8. The van der Waals surface area contributed by atoms with Gasteiger partial charge in [-0.15, -0.1) is 11.3 Å². The summed E-state index contributed by atoms with van der Waals surface area (Å²) >= 11 is 1.84. The van der Waals surface area contributed by atoms with Gasteiger partial charge in [-0.2, -0.15) is 0 Å². The number of fused-ring (bicyclic) bond motifs is 1. The quantitative estimate of drug-likeness (QED) is 0.147. The van der Waals surface area contributed by atoms with Crippen LogP contribution in [0.2, 0.25) is 0 Å². The van der Waals surface area contributed by atoms with Crippen molar-refractivity contribution in [2.75, 3.05) is 0 Å². The van der Waals surface area contributed by atoms with Gasteiger partial charge in [0.05, 0.1) is 0 Å². The zero-order chi connectivity index (χ0) is 30.8. The maximum atomic E-state index is 4.51. The highest BCUT2D eigenvalue weighted by atomic mass is 32.1. The minimum atomic E-state index is 0.206. The van der Waals surface area contributed by atoms with Crippen molar-refractivity contribution in [1.82, 2.24) is 0 Å². The molecule has 216 valence electrons. The SMILES string of the molecule is C=C/C=C(\C=C/C)c1cc(C(=C)C(C)/C=C\C=C/C)cc(-c2ccc(/C(=C/CC)c3sc4ccccc4c3C=C)cc2)c1. The molecule has 1 heteroatoms. The molecule has 4 aromatic rings. The van der Waals surface area contributed by atoms with E-state index in [9.17, 15) is 0 Å². The summed E-state index contributed by atoms with van der Waals surface area (Å²) in [5, 5.41) is 1.26. The third kappa shape index (κ3) is 7.31. The number of hydrogen-bond acceptors (Lipinski definition) is 1. The van der Waals surface area contributed by atoms with Crippen molar-refractivity contribution < 1.29 is 0 Å². The molecule has 4 rings (SSSR count). The van der Waals surface area contributed by atoms with Crippen LogP contribution >= 0.6 is 11.3 Å². The molecule has 0 spiro atoms. The maximum absolute atomic E-state index is 4.51. The maximum Gasteiger partial charge on any atom is 0.0430 e. The second-order valence-corrected chi connectivity index (χ2v) is 11.6. The van der Waals surface area contributed by atoms with Gasteiger partial charge in [-0.25, -0.2) is 0 Å². The van der Waals surface area contributed by atoms with E-state index in [1.165, 1.54) is 42.8 Å². The molecule has 0 N–H and O–H groups in total. The first kappa shape index (κ1) is 31.5. The summed E-state index contributed by atoms with van der Waals surface area (Å²) in [6.07, 6.45) is 21.8. The van der Waals surface area contributed by atoms with Gasteiger partial charge >= 0.3 is 0 Å². The largest absolute Gasteiger partial charge is 0.135 e. The molecule has 43 heavy (non-hydrogen) atoms. The van der Waals surface area contributed by atoms with Gasteiger partial charge in [0.2, 0.25) is 0 Å². The number of allylic oxidation sites excluding steroid dienone is 11. The van der Waals surface area contributed by atoms with Crippen molar-refractivity contribution in [3.05, 3.63) is 168 Å². The predicted octanol–water partition coefficient (Wildman–Crippen LogP) is 13.0.